The van der Waals surface area contributed by atoms with E-state index in [9.17, 15) is 0 Å². The quantitative estimate of drug-likeness (QED) is 0.522. The van der Waals surface area contributed by atoms with E-state index in [1.54, 1.807) is 11.3 Å². The average Bonchev–Trinajstić information content (AvgIpc) is 2.83. The largest absolute Gasteiger partial charge is 0.128 e. The van der Waals surface area contributed by atoms with Crippen LogP contribution in [0, 0.1) is 11.3 Å². The van der Waals surface area contributed by atoms with E-state index < -0.39 is 0 Å². The molecule has 0 radical (unpaired) electrons. The van der Waals surface area contributed by atoms with Gasteiger partial charge in [0.2, 0.25) is 0 Å². The molecule has 0 unspecified atom stereocenters. The van der Waals surface area contributed by atoms with Crippen molar-refractivity contribution < 1.29 is 0 Å². The highest BCUT2D eigenvalue weighted by molar-refractivity contribution is 7.16. The Morgan fingerprint density at radius 1 is 1.32 bits per heavy atom. The lowest BCUT2D eigenvalue weighted by atomic mass is 9.68. The van der Waals surface area contributed by atoms with Gasteiger partial charge in [-0.15, -0.1) is 22.9 Å². The molecular formula is C16H24Cl2S. The molecule has 1 aromatic heterocycles. The molecule has 1 fully saturated rings. The lowest BCUT2D eigenvalue weighted by Gasteiger charge is -2.39. The van der Waals surface area contributed by atoms with Gasteiger partial charge in [-0.1, -0.05) is 37.8 Å². The third-order valence-electron chi connectivity index (χ3n) is 4.59. The molecule has 3 heteroatoms. The summed E-state index contributed by atoms with van der Waals surface area (Å²) in [7, 11) is 0. The van der Waals surface area contributed by atoms with Gasteiger partial charge in [-0.3, -0.25) is 0 Å². The smallest absolute Gasteiger partial charge is 0.0931 e. The molecule has 108 valence electrons. The van der Waals surface area contributed by atoms with Crippen molar-refractivity contribution in [2.45, 2.75) is 58.3 Å². The van der Waals surface area contributed by atoms with Gasteiger partial charge in [-0.2, -0.15) is 0 Å². The van der Waals surface area contributed by atoms with Gasteiger partial charge in [0.25, 0.3) is 0 Å². The molecule has 0 spiro atoms. The predicted octanol–water partition coefficient (Wildman–Crippen LogP) is 6.55. The van der Waals surface area contributed by atoms with E-state index in [4.69, 9.17) is 23.2 Å². The molecule has 1 aliphatic carbocycles. The fourth-order valence-corrected chi connectivity index (χ4v) is 4.87. The lowest BCUT2D eigenvalue weighted by molar-refractivity contribution is 0.167. The van der Waals surface area contributed by atoms with E-state index in [-0.39, 0.29) is 0 Å². The summed E-state index contributed by atoms with van der Waals surface area (Å²) in [5.74, 6) is 1.74. The molecule has 0 nitrogen and oxygen atoms in total. The third-order valence-corrected chi connectivity index (χ3v) is 6.39. The molecule has 1 aliphatic rings. The van der Waals surface area contributed by atoms with Crippen LogP contribution in [0.2, 0.25) is 4.34 Å². The second-order valence-electron chi connectivity index (χ2n) is 6.10. The number of hydrogen-bond acceptors (Lipinski definition) is 1. The van der Waals surface area contributed by atoms with Crippen LogP contribution in [0.5, 0.6) is 0 Å². The van der Waals surface area contributed by atoms with Crippen molar-refractivity contribution in [2.24, 2.45) is 11.3 Å². The van der Waals surface area contributed by atoms with Crippen LogP contribution in [-0.2, 0) is 6.42 Å². The molecule has 0 saturated heterocycles. The Balaban J connectivity index is 1.90. The fourth-order valence-electron chi connectivity index (χ4n) is 3.25. The zero-order valence-corrected chi connectivity index (χ0v) is 14.1. The van der Waals surface area contributed by atoms with E-state index in [0.29, 0.717) is 5.41 Å². The maximum atomic E-state index is 6.32. The molecule has 2 rings (SSSR count). The van der Waals surface area contributed by atoms with E-state index in [2.05, 4.69) is 13.0 Å². The number of alkyl halides is 1. The second kappa shape index (κ2) is 7.33. The first-order valence-corrected chi connectivity index (χ1v) is 9.20. The maximum absolute atomic E-state index is 6.32. The molecule has 0 atom stereocenters. The summed E-state index contributed by atoms with van der Waals surface area (Å²) in [5.41, 5.74) is 0.332. The molecule has 1 aromatic rings. The van der Waals surface area contributed by atoms with E-state index in [1.807, 2.05) is 6.07 Å². The molecule has 0 aliphatic heterocycles. The van der Waals surface area contributed by atoms with Crippen LogP contribution >= 0.6 is 34.5 Å². The minimum Gasteiger partial charge on any atom is -0.128 e. The van der Waals surface area contributed by atoms with Gasteiger partial charge in [0.15, 0.2) is 0 Å². The summed E-state index contributed by atoms with van der Waals surface area (Å²) in [6.07, 6.45) is 10.6. The minimum atomic E-state index is 0.332. The number of thiophene rings is 1. The summed E-state index contributed by atoms with van der Waals surface area (Å²) >= 11 is 14.1. The Labute approximate surface area is 131 Å². The van der Waals surface area contributed by atoms with Crippen molar-refractivity contribution in [1.82, 2.24) is 0 Å². The standard InChI is InChI=1S/C16H24Cl2S/c1-2-3-4-13-7-9-16(12-17,10-8-13)11-14-5-6-15(18)19-14/h5-6,13H,2-4,7-12H2,1H3. The first kappa shape index (κ1) is 15.7. The molecule has 0 N–H and O–H groups in total. The first-order chi connectivity index (χ1) is 9.17. The lowest BCUT2D eigenvalue weighted by Crippen LogP contribution is -2.31. The molecule has 0 aromatic carbocycles. The molecule has 0 bridgehead atoms. The van der Waals surface area contributed by atoms with Crippen molar-refractivity contribution in [3.63, 3.8) is 0 Å². The predicted molar refractivity (Wildman–Crippen MR) is 87.7 cm³/mol. The second-order valence-corrected chi connectivity index (χ2v) is 8.17. The molecular weight excluding hydrogens is 295 g/mol. The fraction of sp³-hybridized carbons (Fsp3) is 0.750. The zero-order chi connectivity index (χ0) is 13.7. The normalized spacial score (nSPS) is 27.6. The van der Waals surface area contributed by atoms with Crippen LogP contribution in [0.3, 0.4) is 0 Å². The van der Waals surface area contributed by atoms with Gasteiger partial charge in [0, 0.05) is 10.8 Å². The van der Waals surface area contributed by atoms with E-state index in [1.165, 1.54) is 49.8 Å². The molecule has 19 heavy (non-hydrogen) atoms. The summed E-state index contributed by atoms with van der Waals surface area (Å²) in [4.78, 5) is 1.40. The van der Waals surface area contributed by atoms with Crippen molar-refractivity contribution >= 4 is 34.5 Å². The average molecular weight is 319 g/mol. The van der Waals surface area contributed by atoms with Crippen molar-refractivity contribution in [2.75, 3.05) is 5.88 Å². The number of rotatable bonds is 6. The van der Waals surface area contributed by atoms with Gasteiger partial charge in [-0.05, 0) is 55.6 Å². The summed E-state index contributed by atoms with van der Waals surface area (Å²) in [5, 5.41) is 0. The van der Waals surface area contributed by atoms with Crippen LogP contribution in [0.4, 0.5) is 0 Å². The Bertz CT molecular complexity index is 378. The molecule has 1 heterocycles. The summed E-state index contributed by atoms with van der Waals surface area (Å²) in [6.45, 7) is 2.28. The first-order valence-electron chi connectivity index (χ1n) is 7.47. The monoisotopic (exact) mass is 318 g/mol. The highest BCUT2D eigenvalue weighted by Gasteiger charge is 2.34. The summed E-state index contributed by atoms with van der Waals surface area (Å²) in [6, 6.07) is 4.18. The minimum absolute atomic E-state index is 0.332. The molecule has 0 amide bonds. The van der Waals surface area contributed by atoms with Gasteiger partial charge in [0.1, 0.15) is 0 Å². The topological polar surface area (TPSA) is 0 Å². The highest BCUT2D eigenvalue weighted by Crippen LogP contribution is 2.44. The zero-order valence-electron chi connectivity index (χ0n) is 11.8. The number of hydrogen-bond donors (Lipinski definition) is 0. The molecule has 1 saturated carbocycles. The Hall–Kier alpha value is 0.280. The SMILES string of the molecule is CCCCC1CCC(CCl)(Cc2ccc(Cl)s2)CC1. The van der Waals surface area contributed by atoms with Crippen molar-refractivity contribution in [1.29, 1.82) is 0 Å². The van der Waals surface area contributed by atoms with Crippen LogP contribution in [0.15, 0.2) is 12.1 Å². The Kier molecular flexibility index (Phi) is 6.05. The number of unbranched alkanes of at least 4 members (excludes halogenated alkanes) is 1. The van der Waals surface area contributed by atoms with Crippen LogP contribution in [0.1, 0.15) is 56.7 Å². The van der Waals surface area contributed by atoms with Gasteiger partial charge < -0.3 is 0 Å². The Morgan fingerprint density at radius 2 is 2.05 bits per heavy atom. The van der Waals surface area contributed by atoms with E-state index in [0.717, 1.165) is 22.6 Å². The maximum Gasteiger partial charge on any atom is 0.0931 e. The Morgan fingerprint density at radius 3 is 2.58 bits per heavy atom. The summed E-state index contributed by atoms with van der Waals surface area (Å²) < 4.78 is 0.899. The third kappa shape index (κ3) is 4.37. The highest BCUT2D eigenvalue weighted by atomic mass is 35.5. The van der Waals surface area contributed by atoms with Gasteiger partial charge in [0.05, 0.1) is 4.34 Å². The van der Waals surface area contributed by atoms with Crippen LogP contribution < -0.4 is 0 Å². The van der Waals surface area contributed by atoms with Crippen LogP contribution in [-0.4, -0.2) is 5.88 Å². The van der Waals surface area contributed by atoms with E-state index >= 15 is 0 Å². The number of halogens is 2. The van der Waals surface area contributed by atoms with Crippen LogP contribution in [0.25, 0.3) is 0 Å². The van der Waals surface area contributed by atoms with Gasteiger partial charge in [-0.25, -0.2) is 0 Å². The van der Waals surface area contributed by atoms with Gasteiger partial charge >= 0.3 is 0 Å². The van der Waals surface area contributed by atoms with Crippen molar-refractivity contribution in [3.8, 4) is 0 Å². The van der Waals surface area contributed by atoms with Crippen molar-refractivity contribution in [3.05, 3.63) is 21.3 Å².